The summed E-state index contributed by atoms with van der Waals surface area (Å²) in [6, 6.07) is 3.88. The van der Waals surface area contributed by atoms with Gasteiger partial charge >= 0.3 is 0 Å². The molecule has 20 heavy (non-hydrogen) atoms. The predicted molar refractivity (Wildman–Crippen MR) is 76.5 cm³/mol. The van der Waals surface area contributed by atoms with Crippen molar-refractivity contribution in [3.05, 3.63) is 23.8 Å². The molecule has 0 spiro atoms. The maximum absolute atomic E-state index is 12.2. The Kier molecular flexibility index (Phi) is 4.01. The van der Waals surface area contributed by atoms with Crippen molar-refractivity contribution in [2.45, 2.75) is 43.7 Å². The fraction of sp³-hybridized carbons (Fsp3) is 0.462. The first kappa shape index (κ1) is 14.8. The highest BCUT2D eigenvalue weighted by Gasteiger charge is 2.28. The Bertz CT molecular complexity index is 624. The lowest BCUT2D eigenvalue weighted by atomic mass is 10.2. The SMILES string of the molecule is Cc1ccc(S(=O)(=O)NC(C)C(=O)NC2CC2)cc1N. The smallest absolute Gasteiger partial charge is 0.241 e. The first-order valence-corrected chi connectivity index (χ1v) is 7.97. The summed E-state index contributed by atoms with van der Waals surface area (Å²) in [7, 11) is -3.75. The van der Waals surface area contributed by atoms with Gasteiger partial charge in [-0.1, -0.05) is 6.07 Å². The lowest BCUT2D eigenvalue weighted by Gasteiger charge is -2.14. The van der Waals surface area contributed by atoms with Gasteiger partial charge in [0.15, 0.2) is 0 Å². The average Bonchev–Trinajstić information content (AvgIpc) is 3.15. The van der Waals surface area contributed by atoms with Gasteiger partial charge in [-0.15, -0.1) is 0 Å². The number of amides is 1. The monoisotopic (exact) mass is 297 g/mol. The van der Waals surface area contributed by atoms with E-state index in [1.54, 1.807) is 13.0 Å². The molecule has 0 saturated heterocycles. The molecule has 0 aliphatic heterocycles. The van der Waals surface area contributed by atoms with Crippen molar-refractivity contribution >= 4 is 21.6 Å². The molecule has 1 unspecified atom stereocenters. The minimum atomic E-state index is -3.75. The summed E-state index contributed by atoms with van der Waals surface area (Å²) in [6.07, 6.45) is 1.92. The first-order chi connectivity index (χ1) is 9.29. The molecule has 1 aliphatic rings. The lowest BCUT2D eigenvalue weighted by Crippen LogP contribution is -2.45. The molecule has 1 aliphatic carbocycles. The number of sulfonamides is 1. The van der Waals surface area contributed by atoms with Crippen LogP contribution in [-0.4, -0.2) is 26.4 Å². The van der Waals surface area contributed by atoms with Crippen LogP contribution in [0.2, 0.25) is 0 Å². The van der Waals surface area contributed by atoms with Gasteiger partial charge in [-0.3, -0.25) is 4.79 Å². The Morgan fingerprint density at radius 2 is 2.05 bits per heavy atom. The van der Waals surface area contributed by atoms with E-state index in [1.807, 2.05) is 0 Å². The van der Waals surface area contributed by atoms with Crippen LogP contribution in [0.3, 0.4) is 0 Å². The van der Waals surface area contributed by atoms with Crippen LogP contribution in [-0.2, 0) is 14.8 Å². The molecule has 0 aromatic heterocycles. The van der Waals surface area contributed by atoms with Crippen molar-refractivity contribution in [2.75, 3.05) is 5.73 Å². The number of carbonyl (C=O) groups excluding carboxylic acids is 1. The zero-order chi connectivity index (χ0) is 14.9. The number of nitrogen functional groups attached to an aromatic ring is 1. The largest absolute Gasteiger partial charge is 0.398 e. The molecule has 1 saturated carbocycles. The third kappa shape index (κ3) is 3.49. The third-order valence-corrected chi connectivity index (χ3v) is 4.75. The number of anilines is 1. The van der Waals surface area contributed by atoms with Crippen LogP contribution >= 0.6 is 0 Å². The molecule has 1 fully saturated rings. The molecule has 1 aromatic rings. The van der Waals surface area contributed by atoms with Crippen LogP contribution in [0.5, 0.6) is 0 Å². The van der Waals surface area contributed by atoms with Crippen molar-refractivity contribution < 1.29 is 13.2 Å². The Morgan fingerprint density at radius 1 is 1.40 bits per heavy atom. The zero-order valence-electron chi connectivity index (χ0n) is 11.5. The molecule has 0 heterocycles. The third-order valence-electron chi connectivity index (χ3n) is 3.21. The molecule has 0 radical (unpaired) electrons. The Morgan fingerprint density at radius 3 is 2.60 bits per heavy atom. The van der Waals surface area contributed by atoms with Gasteiger partial charge in [-0.2, -0.15) is 4.72 Å². The molecule has 110 valence electrons. The second-order valence-corrected chi connectivity index (χ2v) is 6.86. The minimum absolute atomic E-state index is 0.0617. The van der Waals surface area contributed by atoms with Crippen LogP contribution in [0, 0.1) is 6.92 Å². The number of hydrogen-bond acceptors (Lipinski definition) is 4. The first-order valence-electron chi connectivity index (χ1n) is 6.48. The Balaban J connectivity index is 2.09. The molecular weight excluding hydrogens is 278 g/mol. The van der Waals surface area contributed by atoms with Crippen molar-refractivity contribution in [1.82, 2.24) is 10.0 Å². The fourth-order valence-corrected chi connectivity index (χ4v) is 2.93. The maximum Gasteiger partial charge on any atom is 0.241 e. The number of hydrogen-bond donors (Lipinski definition) is 3. The van der Waals surface area contributed by atoms with E-state index < -0.39 is 16.1 Å². The van der Waals surface area contributed by atoms with Crippen LogP contribution < -0.4 is 15.8 Å². The van der Waals surface area contributed by atoms with E-state index in [4.69, 9.17) is 5.73 Å². The van der Waals surface area contributed by atoms with E-state index >= 15 is 0 Å². The summed E-state index contributed by atoms with van der Waals surface area (Å²) in [5.74, 6) is -0.309. The van der Waals surface area contributed by atoms with E-state index in [9.17, 15) is 13.2 Å². The number of benzene rings is 1. The summed E-state index contributed by atoms with van der Waals surface area (Å²) in [4.78, 5) is 11.8. The van der Waals surface area contributed by atoms with Crippen LogP contribution in [0.25, 0.3) is 0 Å². The van der Waals surface area contributed by atoms with Gasteiger partial charge in [-0.05, 0) is 44.4 Å². The molecule has 6 nitrogen and oxygen atoms in total. The van der Waals surface area contributed by atoms with Crippen molar-refractivity contribution in [3.8, 4) is 0 Å². The Labute approximate surface area is 118 Å². The molecule has 7 heteroatoms. The molecule has 1 aromatic carbocycles. The van der Waals surface area contributed by atoms with Crippen LogP contribution in [0.15, 0.2) is 23.1 Å². The van der Waals surface area contributed by atoms with Crippen molar-refractivity contribution in [1.29, 1.82) is 0 Å². The molecule has 1 amide bonds. The molecular formula is C13H19N3O3S. The summed E-state index contributed by atoms with van der Waals surface area (Å²) in [5, 5.41) is 2.76. The Hall–Kier alpha value is -1.60. The summed E-state index contributed by atoms with van der Waals surface area (Å²) in [6.45, 7) is 3.32. The number of aryl methyl sites for hydroxylation is 1. The molecule has 0 bridgehead atoms. The van der Waals surface area contributed by atoms with E-state index in [1.165, 1.54) is 19.1 Å². The van der Waals surface area contributed by atoms with Gasteiger partial charge in [0.25, 0.3) is 0 Å². The van der Waals surface area contributed by atoms with Gasteiger partial charge < -0.3 is 11.1 Å². The second kappa shape index (κ2) is 5.41. The highest BCUT2D eigenvalue weighted by molar-refractivity contribution is 7.89. The van der Waals surface area contributed by atoms with Gasteiger partial charge in [0.1, 0.15) is 0 Å². The highest BCUT2D eigenvalue weighted by atomic mass is 32.2. The van der Waals surface area contributed by atoms with Gasteiger partial charge in [0, 0.05) is 11.7 Å². The van der Waals surface area contributed by atoms with E-state index in [0.717, 1.165) is 18.4 Å². The normalized spacial score (nSPS) is 16.7. The second-order valence-electron chi connectivity index (χ2n) is 5.14. The fourth-order valence-electron chi connectivity index (χ4n) is 1.69. The number of rotatable bonds is 5. The molecule has 1 atom stereocenters. The van der Waals surface area contributed by atoms with Gasteiger partial charge in [0.2, 0.25) is 15.9 Å². The van der Waals surface area contributed by atoms with Crippen LogP contribution in [0.1, 0.15) is 25.3 Å². The standard InChI is InChI=1S/C13H19N3O3S/c1-8-3-6-11(7-12(8)14)20(18,19)16-9(2)13(17)15-10-4-5-10/h3,6-7,9-10,16H,4-5,14H2,1-2H3,(H,15,17). The predicted octanol–water partition coefficient (Wildman–Crippen LogP) is 0.523. The molecule has 2 rings (SSSR count). The van der Waals surface area contributed by atoms with E-state index in [2.05, 4.69) is 10.0 Å². The van der Waals surface area contributed by atoms with E-state index in [0.29, 0.717) is 5.69 Å². The lowest BCUT2D eigenvalue weighted by molar-refractivity contribution is -0.122. The zero-order valence-corrected chi connectivity index (χ0v) is 12.3. The van der Waals surface area contributed by atoms with Crippen LogP contribution in [0.4, 0.5) is 5.69 Å². The average molecular weight is 297 g/mol. The summed E-state index contributed by atoms with van der Waals surface area (Å²) in [5.41, 5.74) is 6.92. The number of nitrogens with one attached hydrogen (secondary N) is 2. The highest BCUT2D eigenvalue weighted by Crippen LogP contribution is 2.19. The minimum Gasteiger partial charge on any atom is -0.398 e. The summed E-state index contributed by atoms with van der Waals surface area (Å²) >= 11 is 0. The topological polar surface area (TPSA) is 101 Å². The van der Waals surface area contributed by atoms with Gasteiger partial charge in [0.05, 0.1) is 10.9 Å². The summed E-state index contributed by atoms with van der Waals surface area (Å²) < 4.78 is 26.7. The maximum atomic E-state index is 12.2. The number of carbonyl (C=O) groups is 1. The number of nitrogens with two attached hydrogens (primary N) is 1. The van der Waals surface area contributed by atoms with E-state index in [-0.39, 0.29) is 16.8 Å². The molecule has 4 N–H and O–H groups in total. The quantitative estimate of drug-likeness (QED) is 0.690. The van der Waals surface area contributed by atoms with Crippen molar-refractivity contribution in [3.63, 3.8) is 0 Å². The van der Waals surface area contributed by atoms with Gasteiger partial charge in [-0.25, -0.2) is 8.42 Å². The van der Waals surface area contributed by atoms with Crippen molar-refractivity contribution in [2.24, 2.45) is 0 Å².